The van der Waals surface area contributed by atoms with E-state index in [-0.39, 0.29) is 17.4 Å². The van der Waals surface area contributed by atoms with Crippen LogP contribution in [-0.2, 0) is 6.54 Å². The first-order valence-electron chi connectivity index (χ1n) is 8.68. The van der Waals surface area contributed by atoms with Gasteiger partial charge in [0.05, 0.1) is 5.56 Å². The van der Waals surface area contributed by atoms with Gasteiger partial charge in [-0.3, -0.25) is 9.59 Å². The van der Waals surface area contributed by atoms with Crippen molar-refractivity contribution in [1.29, 1.82) is 0 Å². The molecule has 134 valence electrons. The highest BCUT2D eigenvalue weighted by atomic mass is 16.2. The number of piperidine rings is 1. The molecule has 1 N–H and O–H groups in total. The van der Waals surface area contributed by atoms with E-state index in [2.05, 4.69) is 33.5 Å². The third-order valence-electron chi connectivity index (χ3n) is 4.64. The maximum Gasteiger partial charge on any atom is 0.255 e. The number of hydrogen-bond acceptors (Lipinski definition) is 4. The third-order valence-corrected chi connectivity index (χ3v) is 4.64. The Bertz CT molecular complexity index is 759. The molecule has 0 saturated carbocycles. The molecule has 1 aliphatic heterocycles. The van der Waals surface area contributed by atoms with E-state index < -0.39 is 0 Å². The Labute approximate surface area is 147 Å². The second kappa shape index (κ2) is 7.65. The molecule has 0 bridgehead atoms. The number of hydrogen-bond donors (Lipinski definition) is 1. The van der Waals surface area contributed by atoms with Crippen LogP contribution in [0, 0.1) is 0 Å². The number of carbonyl (C=O) groups is 1. The van der Waals surface area contributed by atoms with Crippen LogP contribution < -0.4 is 5.56 Å². The number of imidazole rings is 1. The van der Waals surface area contributed by atoms with Crippen LogP contribution in [-0.4, -0.2) is 64.0 Å². The standard InChI is InChI=1S/C18H25N5O2/c1-21(2)10-11-22-9-7-19-17(22)15-4-3-8-23(13-15)18(25)14-5-6-16(24)20-12-14/h5-7,9,12,15H,3-4,8,10-11,13H2,1-2H3,(H,20,24)/t15-/m1/s1. The highest BCUT2D eigenvalue weighted by molar-refractivity contribution is 5.93. The number of nitrogens with zero attached hydrogens (tertiary/aromatic N) is 4. The summed E-state index contributed by atoms with van der Waals surface area (Å²) in [5, 5.41) is 0. The minimum Gasteiger partial charge on any atom is -0.338 e. The zero-order chi connectivity index (χ0) is 17.8. The van der Waals surface area contributed by atoms with Crippen LogP contribution in [0.2, 0.25) is 0 Å². The van der Waals surface area contributed by atoms with Crippen molar-refractivity contribution in [2.45, 2.75) is 25.3 Å². The Morgan fingerprint density at radius 2 is 2.24 bits per heavy atom. The van der Waals surface area contributed by atoms with Crippen molar-refractivity contribution in [2.24, 2.45) is 0 Å². The molecule has 0 radical (unpaired) electrons. The van der Waals surface area contributed by atoms with Gasteiger partial charge in [-0.15, -0.1) is 0 Å². The van der Waals surface area contributed by atoms with Crippen molar-refractivity contribution >= 4 is 5.91 Å². The maximum absolute atomic E-state index is 12.7. The van der Waals surface area contributed by atoms with Crippen LogP contribution in [0.3, 0.4) is 0 Å². The molecular formula is C18H25N5O2. The lowest BCUT2D eigenvalue weighted by Gasteiger charge is -2.32. The van der Waals surface area contributed by atoms with Crippen molar-refractivity contribution in [3.63, 3.8) is 0 Å². The molecule has 0 aromatic carbocycles. The van der Waals surface area contributed by atoms with Gasteiger partial charge in [-0.25, -0.2) is 4.98 Å². The van der Waals surface area contributed by atoms with Crippen molar-refractivity contribution in [3.05, 3.63) is 52.5 Å². The number of aromatic amines is 1. The van der Waals surface area contributed by atoms with Crippen LogP contribution in [0.5, 0.6) is 0 Å². The van der Waals surface area contributed by atoms with E-state index in [1.54, 1.807) is 6.07 Å². The van der Waals surface area contributed by atoms with Crippen molar-refractivity contribution < 1.29 is 4.79 Å². The molecule has 3 heterocycles. The molecule has 1 atom stereocenters. The maximum atomic E-state index is 12.7. The Morgan fingerprint density at radius 3 is 2.96 bits per heavy atom. The summed E-state index contributed by atoms with van der Waals surface area (Å²) < 4.78 is 2.19. The van der Waals surface area contributed by atoms with Gasteiger partial charge in [0, 0.05) is 56.8 Å². The number of carbonyl (C=O) groups excluding carboxylic acids is 1. The molecule has 2 aromatic heterocycles. The zero-order valence-corrected chi connectivity index (χ0v) is 14.8. The predicted octanol–water partition coefficient (Wildman–Crippen LogP) is 1.15. The minimum absolute atomic E-state index is 0.0349. The summed E-state index contributed by atoms with van der Waals surface area (Å²) in [4.78, 5) is 35.0. The first-order valence-corrected chi connectivity index (χ1v) is 8.68. The molecule has 25 heavy (non-hydrogen) atoms. The second-order valence-electron chi connectivity index (χ2n) is 6.81. The van der Waals surface area contributed by atoms with Crippen LogP contribution >= 0.6 is 0 Å². The quantitative estimate of drug-likeness (QED) is 0.884. The summed E-state index contributed by atoms with van der Waals surface area (Å²) in [6.07, 6.45) is 7.34. The Balaban J connectivity index is 1.71. The van der Waals surface area contributed by atoms with E-state index >= 15 is 0 Å². The first kappa shape index (κ1) is 17.4. The zero-order valence-electron chi connectivity index (χ0n) is 14.8. The van der Waals surface area contributed by atoms with Crippen molar-refractivity contribution in [1.82, 2.24) is 24.3 Å². The molecular weight excluding hydrogens is 318 g/mol. The van der Waals surface area contributed by atoms with Crippen LogP contribution in [0.25, 0.3) is 0 Å². The van der Waals surface area contributed by atoms with E-state index in [9.17, 15) is 9.59 Å². The summed E-state index contributed by atoms with van der Waals surface area (Å²) in [5.41, 5.74) is 0.326. The number of nitrogens with one attached hydrogen (secondary N) is 1. The SMILES string of the molecule is CN(C)CCn1ccnc1[C@@H]1CCCN(C(=O)c2ccc(=O)[nH]c2)C1. The van der Waals surface area contributed by atoms with Crippen molar-refractivity contribution in [2.75, 3.05) is 33.7 Å². The fourth-order valence-corrected chi connectivity index (χ4v) is 3.28. The van der Waals surface area contributed by atoms with E-state index in [0.717, 1.165) is 38.3 Å². The topological polar surface area (TPSA) is 74.2 Å². The number of amides is 1. The van der Waals surface area contributed by atoms with Gasteiger partial charge >= 0.3 is 0 Å². The number of likely N-dealkylation sites (tertiary alicyclic amines) is 1. The van der Waals surface area contributed by atoms with Gasteiger partial charge in [0.25, 0.3) is 5.91 Å². The first-order chi connectivity index (χ1) is 12.0. The summed E-state index contributed by atoms with van der Waals surface area (Å²) in [6.45, 7) is 3.26. The number of rotatable bonds is 5. The largest absolute Gasteiger partial charge is 0.338 e. The average Bonchev–Trinajstić information content (AvgIpc) is 3.09. The fourth-order valence-electron chi connectivity index (χ4n) is 3.28. The Kier molecular flexibility index (Phi) is 5.33. The van der Waals surface area contributed by atoms with Gasteiger partial charge in [0.1, 0.15) is 5.82 Å². The highest BCUT2D eigenvalue weighted by Crippen LogP contribution is 2.26. The lowest BCUT2D eigenvalue weighted by atomic mass is 9.96. The lowest BCUT2D eigenvalue weighted by molar-refractivity contribution is 0.0702. The van der Waals surface area contributed by atoms with E-state index in [1.165, 1.54) is 12.3 Å². The van der Waals surface area contributed by atoms with Gasteiger partial charge in [-0.05, 0) is 33.0 Å². The lowest BCUT2D eigenvalue weighted by Crippen LogP contribution is -2.40. The Morgan fingerprint density at radius 1 is 1.40 bits per heavy atom. The smallest absolute Gasteiger partial charge is 0.255 e. The molecule has 7 nitrogen and oxygen atoms in total. The van der Waals surface area contributed by atoms with Crippen LogP contribution in [0.4, 0.5) is 0 Å². The van der Waals surface area contributed by atoms with E-state index in [1.807, 2.05) is 17.3 Å². The monoisotopic (exact) mass is 343 g/mol. The number of aromatic nitrogens is 3. The molecule has 0 aliphatic carbocycles. The molecule has 3 rings (SSSR count). The van der Waals surface area contributed by atoms with E-state index in [0.29, 0.717) is 12.1 Å². The molecule has 0 spiro atoms. The summed E-state index contributed by atoms with van der Waals surface area (Å²) >= 11 is 0. The number of likely N-dealkylation sites (N-methyl/N-ethyl adjacent to an activating group) is 1. The molecule has 7 heteroatoms. The molecule has 1 amide bonds. The molecule has 0 unspecified atom stereocenters. The van der Waals surface area contributed by atoms with Crippen molar-refractivity contribution in [3.8, 4) is 0 Å². The fraction of sp³-hybridized carbons (Fsp3) is 0.500. The van der Waals surface area contributed by atoms with Crippen LogP contribution in [0.15, 0.2) is 35.5 Å². The summed E-state index contributed by atoms with van der Waals surface area (Å²) in [6, 6.07) is 2.98. The Hall–Kier alpha value is -2.41. The minimum atomic E-state index is -0.198. The highest BCUT2D eigenvalue weighted by Gasteiger charge is 2.28. The molecule has 1 aliphatic rings. The summed E-state index contributed by atoms with van der Waals surface area (Å²) in [7, 11) is 4.11. The predicted molar refractivity (Wildman–Crippen MR) is 95.7 cm³/mol. The number of H-pyrrole nitrogens is 1. The van der Waals surface area contributed by atoms with Gasteiger partial charge in [0.2, 0.25) is 5.56 Å². The summed E-state index contributed by atoms with van der Waals surface area (Å²) in [5.74, 6) is 1.27. The van der Waals surface area contributed by atoms with Gasteiger partial charge in [-0.1, -0.05) is 0 Å². The molecule has 2 aromatic rings. The average molecular weight is 343 g/mol. The molecule has 1 saturated heterocycles. The van der Waals surface area contributed by atoms with Gasteiger partial charge in [-0.2, -0.15) is 0 Å². The van der Waals surface area contributed by atoms with E-state index in [4.69, 9.17) is 0 Å². The molecule has 1 fully saturated rings. The van der Waals surface area contributed by atoms with Gasteiger partial charge < -0.3 is 19.4 Å². The second-order valence-corrected chi connectivity index (χ2v) is 6.81. The normalized spacial score (nSPS) is 17.9. The number of pyridine rings is 1. The third kappa shape index (κ3) is 4.17. The van der Waals surface area contributed by atoms with Gasteiger partial charge in [0.15, 0.2) is 0 Å². The van der Waals surface area contributed by atoms with Crippen LogP contribution in [0.1, 0.15) is 34.9 Å².